The molecule has 82 valence electrons. The van der Waals surface area contributed by atoms with Crippen LogP contribution < -0.4 is 5.73 Å². The SMILES string of the molecule is NCCCc1nccc(-c2ccncc2)n1. The fraction of sp³-hybridized carbons (Fsp3) is 0.250. The second-order valence-electron chi connectivity index (χ2n) is 3.49. The smallest absolute Gasteiger partial charge is 0.128 e. The number of rotatable bonds is 4. The van der Waals surface area contributed by atoms with Gasteiger partial charge in [-0.3, -0.25) is 4.98 Å². The van der Waals surface area contributed by atoms with E-state index in [1.54, 1.807) is 18.6 Å². The summed E-state index contributed by atoms with van der Waals surface area (Å²) in [5.74, 6) is 0.847. The van der Waals surface area contributed by atoms with E-state index in [9.17, 15) is 0 Å². The molecule has 0 aliphatic heterocycles. The second-order valence-corrected chi connectivity index (χ2v) is 3.49. The van der Waals surface area contributed by atoms with Crippen LogP contribution in [0.5, 0.6) is 0 Å². The number of aromatic nitrogens is 3. The van der Waals surface area contributed by atoms with E-state index in [-0.39, 0.29) is 0 Å². The van der Waals surface area contributed by atoms with Crippen molar-refractivity contribution < 1.29 is 0 Å². The zero-order chi connectivity index (χ0) is 11.2. The fourth-order valence-electron chi connectivity index (χ4n) is 1.46. The molecule has 0 saturated carbocycles. The van der Waals surface area contributed by atoms with Gasteiger partial charge >= 0.3 is 0 Å². The quantitative estimate of drug-likeness (QED) is 0.836. The number of aryl methyl sites for hydroxylation is 1. The molecule has 4 heteroatoms. The summed E-state index contributed by atoms with van der Waals surface area (Å²) in [5, 5.41) is 0. The molecule has 0 bridgehead atoms. The van der Waals surface area contributed by atoms with E-state index in [0.29, 0.717) is 6.54 Å². The van der Waals surface area contributed by atoms with Crippen LogP contribution in [0, 0.1) is 0 Å². The first kappa shape index (κ1) is 10.7. The summed E-state index contributed by atoms with van der Waals surface area (Å²) in [6.45, 7) is 0.669. The summed E-state index contributed by atoms with van der Waals surface area (Å²) in [4.78, 5) is 12.7. The molecule has 0 aliphatic rings. The van der Waals surface area contributed by atoms with Crippen LogP contribution in [-0.4, -0.2) is 21.5 Å². The predicted octanol–water partition coefficient (Wildman–Crippen LogP) is 1.43. The van der Waals surface area contributed by atoms with E-state index in [0.717, 1.165) is 29.9 Å². The Morgan fingerprint density at radius 3 is 2.62 bits per heavy atom. The Bertz CT molecular complexity index is 442. The van der Waals surface area contributed by atoms with E-state index in [1.807, 2.05) is 18.2 Å². The van der Waals surface area contributed by atoms with Crippen molar-refractivity contribution in [3.63, 3.8) is 0 Å². The van der Waals surface area contributed by atoms with Gasteiger partial charge < -0.3 is 5.73 Å². The third-order valence-electron chi connectivity index (χ3n) is 2.29. The molecule has 2 heterocycles. The van der Waals surface area contributed by atoms with Crippen LogP contribution in [0.2, 0.25) is 0 Å². The summed E-state index contributed by atoms with van der Waals surface area (Å²) in [7, 11) is 0. The zero-order valence-electron chi connectivity index (χ0n) is 9.00. The number of hydrogen-bond acceptors (Lipinski definition) is 4. The minimum absolute atomic E-state index is 0.669. The van der Waals surface area contributed by atoms with Crippen LogP contribution in [0.4, 0.5) is 0 Å². The summed E-state index contributed by atoms with van der Waals surface area (Å²) in [6, 6.07) is 5.78. The van der Waals surface area contributed by atoms with Crippen LogP contribution in [0.3, 0.4) is 0 Å². The van der Waals surface area contributed by atoms with Crippen molar-refractivity contribution in [3.8, 4) is 11.3 Å². The standard InChI is InChI=1S/C12H14N4/c13-6-1-2-12-15-9-5-11(16-12)10-3-7-14-8-4-10/h3-5,7-9H,1-2,6,13H2. The summed E-state index contributed by atoms with van der Waals surface area (Å²) < 4.78 is 0. The Hall–Kier alpha value is -1.81. The van der Waals surface area contributed by atoms with Gasteiger partial charge in [0.25, 0.3) is 0 Å². The second kappa shape index (κ2) is 5.32. The maximum absolute atomic E-state index is 5.46. The lowest BCUT2D eigenvalue weighted by Gasteiger charge is -2.02. The van der Waals surface area contributed by atoms with Crippen molar-refractivity contribution in [3.05, 3.63) is 42.6 Å². The Morgan fingerprint density at radius 1 is 1.06 bits per heavy atom. The Balaban J connectivity index is 2.22. The van der Waals surface area contributed by atoms with Gasteiger partial charge in [0.05, 0.1) is 5.69 Å². The first-order valence-corrected chi connectivity index (χ1v) is 5.32. The molecule has 0 atom stereocenters. The molecule has 2 rings (SSSR count). The number of pyridine rings is 1. The van der Waals surface area contributed by atoms with Crippen molar-refractivity contribution >= 4 is 0 Å². The van der Waals surface area contributed by atoms with Gasteiger partial charge in [0.2, 0.25) is 0 Å². The monoisotopic (exact) mass is 214 g/mol. The van der Waals surface area contributed by atoms with Gasteiger partial charge in [0.1, 0.15) is 5.82 Å². The molecule has 0 aliphatic carbocycles. The average Bonchev–Trinajstić information content (AvgIpc) is 2.38. The van der Waals surface area contributed by atoms with E-state index < -0.39 is 0 Å². The molecular formula is C12H14N4. The lowest BCUT2D eigenvalue weighted by atomic mass is 10.2. The molecule has 4 nitrogen and oxygen atoms in total. The highest BCUT2D eigenvalue weighted by atomic mass is 14.9. The van der Waals surface area contributed by atoms with Crippen LogP contribution in [0.15, 0.2) is 36.8 Å². The maximum atomic E-state index is 5.46. The Kier molecular flexibility index (Phi) is 3.56. The van der Waals surface area contributed by atoms with E-state index >= 15 is 0 Å². The minimum Gasteiger partial charge on any atom is -0.330 e. The largest absolute Gasteiger partial charge is 0.330 e. The van der Waals surface area contributed by atoms with Crippen LogP contribution >= 0.6 is 0 Å². The average molecular weight is 214 g/mol. The summed E-state index contributed by atoms with van der Waals surface area (Å²) >= 11 is 0. The van der Waals surface area contributed by atoms with Gasteiger partial charge in [0, 0.05) is 30.6 Å². The highest BCUT2D eigenvalue weighted by Gasteiger charge is 2.01. The highest BCUT2D eigenvalue weighted by molar-refractivity contribution is 5.57. The molecular weight excluding hydrogens is 200 g/mol. The molecule has 0 aromatic carbocycles. The lowest BCUT2D eigenvalue weighted by molar-refractivity contribution is 0.782. The van der Waals surface area contributed by atoms with Crippen molar-refractivity contribution in [2.45, 2.75) is 12.8 Å². The summed E-state index contributed by atoms with van der Waals surface area (Å²) in [5.41, 5.74) is 7.46. The Morgan fingerprint density at radius 2 is 1.88 bits per heavy atom. The normalized spacial score (nSPS) is 10.3. The minimum atomic E-state index is 0.669. The molecule has 0 saturated heterocycles. The van der Waals surface area contributed by atoms with E-state index in [4.69, 9.17) is 5.73 Å². The lowest BCUT2D eigenvalue weighted by Crippen LogP contribution is -2.03. The maximum Gasteiger partial charge on any atom is 0.128 e. The number of nitrogens with two attached hydrogens (primary N) is 1. The zero-order valence-corrected chi connectivity index (χ0v) is 9.00. The van der Waals surface area contributed by atoms with Crippen LogP contribution in [0.25, 0.3) is 11.3 Å². The van der Waals surface area contributed by atoms with Gasteiger partial charge in [-0.1, -0.05) is 0 Å². The highest BCUT2D eigenvalue weighted by Crippen LogP contribution is 2.14. The van der Waals surface area contributed by atoms with Crippen molar-refractivity contribution in [1.29, 1.82) is 0 Å². The van der Waals surface area contributed by atoms with Gasteiger partial charge in [-0.25, -0.2) is 9.97 Å². The third-order valence-corrected chi connectivity index (χ3v) is 2.29. The fourth-order valence-corrected chi connectivity index (χ4v) is 1.46. The molecule has 2 N–H and O–H groups in total. The molecule has 0 fully saturated rings. The molecule has 2 aromatic heterocycles. The van der Waals surface area contributed by atoms with Gasteiger partial charge in [-0.05, 0) is 31.2 Å². The van der Waals surface area contributed by atoms with E-state index in [1.165, 1.54) is 0 Å². The van der Waals surface area contributed by atoms with Crippen LogP contribution in [0.1, 0.15) is 12.2 Å². The molecule has 0 amide bonds. The third kappa shape index (κ3) is 2.61. The molecule has 0 unspecified atom stereocenters. The van der Waals surface area contributed by atoms with Gasteiger partial charge in [-0.15, -0.1) is 0 Å². The first-order chi connectivity index (χ1) is 7.90. The van der Waals surface area contributed by atoms with E-state index in [2.05, 4.69) is 15.0 Å². The van der Waals surface area contributed by atoms with Crippen molar-refractivity contribution in [2.75, 3.05) is 6.54 Å². The first-order valence-electron chi connectivity index (χ1n) is 5.32. The Labute approximate surface area is 94.6 Å². The predicted molar refractivity (Wildman–Crippen MR) is 62.6 cm³/mol. The molecule has 16 heavy (non-hydrogen) atoms. The van der Waals surface area contributed by atoms with Crippen molar-refractivity contribution in [1.82, 2.24) is 15.0 Å². The number of nitrogens with zero attached hydrogens (tertiary/aromatic N) is 3. The molecule has 0 spiro atoms. The number of hydrogen-bond donors (Lipinski definition) is 1. The van der Waals surface area contributed by atoms with Gasteiger partial charge in [0.15, 0.2) is 0 Å². The molecule has 2 aromatic rings. The topological polar surface area (TPSA) is 64.7 Å². The molecule has 0 radical (unpaired) electrons. The van der Waals surface area contributed by atoms with Crippen molar-refractivity contribution in [2.24, 2.45) is 5.73 Å². The summed E-state index contributed by atoms with van der Waals surface area (Å²) in [6.07, 6.45) is 7.05. The van der Waals surface area contributed by atoms with Gasteiger partial charge in [-0.2, -0.15) is 0 Å². The van der Waals surface area contributed by atoms with Crippen LogP contribution in [-0.2, 0) is 6.42 Å².